The van der Waals surface area contributed by atoms with Crippen molar-refractivity contribution in [3.63, 3.8) is 0 Å². The highest BCUT2D eigenvalue weighted by Gasteiger charge is 2.25. The van der Waals surface area contributed by atoms with Crippen LogP contribution in [0.1, 0.15) is 18.5 Å². The van der Waals surface area contributed by atoms with Gasteiger partial charge in [0.1, 0.15) is 12.0 Å². The van der Waals surface area contributed by atoms with E-state index in [9.17, 15) is 4.79 Å². The number of nitrogens with zero attached hydrogens (tertiary/aromatic N) is 4. The van der Waals surface area contributed by atoms with Crippen molar-refractivity contribution in [2.24, 2.45) is 4.99 Å². The predicted octanol–water partition coefficient (Wildman–Crippen LogP) is -0.354. The van der Waals surface area contributed by atoms with E-state index in [0.29, 0.717) is 19.1 Å². The van der Waals surface area contributed by atoms with E-state index in [-0.39, 0.29) is 5.91 Å². The summed E-state index contributed by atoms with van der Waals surface area (Å²) in [6.45, 7) is 4.53. The lowest BCUT2D eigenvalue weighted by molar-refractivity contribution is -0.122. The van der Waals surface area contributed by atoms with E-state index in [4.69, 9.17) is 4.52 Å². The van der Waals surface area contributed by atoms with Crippen molar-refractivity contribution in [3.05, 3.63) is 18.0 Å². The Hall–Kier alpha value is -2.09. The summed E-state index contributed by atoms with van der Waals surface area (Å²) in [4.78, 5) is 20.6. The van der Waals surface area contributed by atoms with Crippen molar-refractivity contribution >= 4 is 11.9 Å². The maximum atomic E-state index is 11.8. The number of hydrogen-bond acceptors (Lipinski definition) is 5. The van der Waals surface area contributed by atoms with E-state index in [1.165, 1.54) is 0 Å². The van der Waals surface area contributed by atoms with Crippen LogP contribution in [-0.4, -0.2) is 72.6 Å². The second-order valence-electron chi connectivity index (χ2n) is 6.00. The quantitative estimate of drug-likeness (QED) is 0.569. The molecule has 1 amide bonds. The molecule has 0 unspecified atom stereocenters. The molecule has 0 radical (unpaired) electrons. The highest BCUT2D eigenvalue weighted by Crippen LogP contribution is 2.18. The summed E-state index contributed by atoms with van der Waals surface area (Å²) in [5.41, 5.74) is 0.849. The maximum absolute atomic E-state index is 11.8. The molecule has 8 heteroatoms. The standard InChI is InChI=1S/C15H24N6O2/c1-16-15(17-10-13-4-9-23-19-13)21-7-5-20(6-8-21)11-14(22)18-12-2-3-12/h4,9,12H,2-3,5-8,10-11H2,1H3,(H,16,17)(H,18,22). The molecule has 3 rings (SSSR count). The number of piperazine rings is 1. The van der Waals surface area contributed by atoms with Gasteiger partial charge >= 0.3 is 0 Å². The van der Waals surface area contributed by atoms with E-state index in [1.54, 1.807) is 13.3 Å². The Morgan fingerprint density at radius 3 is 2.78 bits per heavy atom. The molecule has 2 N–H and O–H groups in total. The molecule has 126 valence electrons. The maximum Gasteiger partial charge on any atom is 0.234 e. The molecule has 1 aliphatic heterocycles. The number of carbonyl (C=O) groups is 1. The smallest absolute Gasteiger partial charge is 0.234 e. The number of hydrogen-bond donors (Lipinski definition) is 2. The Labute approximate surface area is 135 Å². The van der Waals surface area contributed by atoms with E-state index in [2.05, 4.69) is 30.6 Å². The molecule has 2 heterocycles. The molecular formula is C15H24N6O2. The fraction of sp³-hybridized carbons (Fsp3) is 0.667. The molecule has 2 fully saturated rings. The summed E-state index contributed by atoms with van der Waals surface area (Å²) in [5.74, 6) is 1.00. The first-order chi connectivity index (χ1) is 11.2. The number of nitrogens with one attached hydrogen (secondary N) is 2. The lowest BCUT2D eigenvalue weighted by Crippen LogP contribution is -2.54. The van der Waals surface area contributed by atoms with Crippen LogP contribution in [0, 0.1) is 0 Å². The van der Waals surface area contributed by atoms with Crippen LogP contribution in [-0.2, 0) is 11.3 Å². The molecule has 1 saturated carbocycles. The lowest BCUT2D eigenvalue weighted by atomic mass is 10.3. The zero-order chi connectivity index (χ0) is 16.1. The second-order valence-corrected chi connectivity index (χ2v) is 6.00. The average Bonchev–Trinajstić information content (AvgIpc) is 3.21. The van der Waals surface area contributed by atoms with E-state index >= 15 is 0 Å². The van der Waals surface area contributed by atoms with Gasteiger partial charge in [-0.3, -0.25) is 14.7 Å². The molecule has 23 heavy (non-hydrogen) atoms. The minimum Gasteiger partial charge on any atom is -0.364 e. The molecule has 8 nitrogen and oxygen atoms in total. The first-order valence-corrected chi connectivity index (χ1v) is 8.11. The minimum absolute atomic E-state index is 0.148. The van der Waals surface area contributed by atoms with Crippen LogP contribution < -0.4 is 10.6 Å². The minimum atomic E-state index is 0.148. The number of rotatable bonds is 5. The van der Waals surface area contributed by atoms with Gasteiger partial charge in [-0.15, -0.1) is 0 Å². The molecule has 1 aromatic heterocycles. The van der Waals surface area contributed by atoms with Crippen LogP contribution in [0.2, 0.25) is 0 Å². The van der Waals surface area contributed by atoms with Crippen LogP contribution in [0.5, 0.6) is 0 Å². The molecule has 0 spiro atoms. The molecule has 1 aromatic rings. The molecule has 2 aliphatic rings. The van der Waals surface area contributed by atoms with Gasteiger partial charge in [-0.05, 0) is 12.8 Å². The zero-order valence-corrected chi connectivity index (χ0v) is 13.5. The second kappa shape index (κ2) is 7.45. The van der Waals surface area contributed by atoms with Crippen molar-refractivity contribution in [2.45, 2.75) is 25.4 Å². The number of carbonyl (C=O) groups excluding carboxylic acids is 1. The van der Waals surface area contributed by atoms with Crippen LogP contribution in [0.15, 0.2) is 21.8 Å². The highest BCUT2D eigenvalue weighted by atomic mass is 16.5. The van der Waals surface area contributed by atoms with Gasteiger partial charge in [0.05, 0.1) is 13.1 Å². The molecule has 0 aromatic carbocycles. The van der Waals surface area contributed by atoms with E-state index in [0.717, 1.165) is 50.7 Å². The van der Waals surface area contributed by atoms with E-state index < -0.39 is 0 Å². The monoisotopic (exact) mass is 320 g/mol. The molecule has 0 bridgehead atoms. The Bertz CT molecular complexity index is 532. The Morgan fingerprint density at radius 2 is 2.17 bits per heavy atom. The highest BCUT2D eigenvalue weighted by molar-refractivity contribution is 5.80. The molecule has 0 atom stereocenters. The number of amides is 1. The van der Waals surface area contributed by atoms with Crippen LogP contribution >= 0.6 is 0 Å². The first-order valence-electron chi connectivity index (χ1n) is 8.11. The fourth-order valence-electron chi connectivity index (χ4n) is 2.65. The Balaban J connectivity index is 1.40. The van der Waals surface area contributed by atoms with Crippen LogP contribution in [0.25, 0.3) is 0 Å². The third-order valence-corrected chi connectivity index (χ3v) is 4.11. The van der Waals surface area contributed by atoms with Crippen molar-refractivity contribution in [3.8, 4) is 0 Å². The van der Waals surface area contributed by atoms with Crippen LogP contribution in [0.4, 0.5) is 0 Å². The largest absolute Gasteiger partial charge is 0.364 e. The molecule has 1 aliphatic carbocycles. The normalized spacial score (nSPS) is 19.7. The first kappa shape index (κ1) is 15.8. The summed E-state index contributed by atoms with van der Waals surface area (Å²) in [7, 11) is 1.78. The van der Waals surface area contributed by atoms with Crippen molar-refractivity contribution in [1.29, 1.82) is 0 Å². The summed E-state index contributed by atoms with van der Waals surface area (Å²) < 4.78 is 4.82. The Morgan fingerprint density at radius 1 is 1.39 bits per heavy atom. The topological polar surface area (TPSA) is 86.0 Å². The SMILES string of the molecule is CN=C(NCc1ccon1)N1CCN(CC(=O)NC2CC2)CC1. The van der Waals surface area contributed by atoms with Crippen molar-refractivity contribution < 1.29 is 9.32 Å². The molecule has 1 saturated heterocycles. The van der Waals surface area contributed by atoms with Crippen molar-refractivity contribution in [1.82, 2.24) is 25.6 Å². The van der Waals surface area contributed by atoms with Gasteiger partial charge in [0.2, 0.25) is 5.91 Å². The average molecular weight is 320 g/mol. The van der Waals surface area contributed by atoms with Gasteiger partial charge in [-0.25, -0.2) is 0 Å². The Kier molecular flexibility index (Phi) is 5.12. The number of aromatic nitrogens is 1. The fourth-order valence-corrected chi connectivity index (χ4v) is 2.65. The van der Waals surface area contributed by atoms with Gasteiger partial charge in [0.15, 0.2) is 5.96 Å². The zero-order valence-electron chi connectivity index (χ0n) is 13.5. The summed E-state index contributed by atoms with van der Waals surface area (Å²) in [5, 5.41) is 10.2. The summed E-state index contributed by atoms with van der Waals surface area (Å²) in [6.07, 6.45) is 3.82. The van der Waals surface area contributed by atoms with Crippen LogP contribution in [0.3, 0.4) is 0 Å². The number of aliphatic imine (C=N–C) groups is 1. The third-order valence-electron chi connectivity index (χ3n) is 4.11. The summed E-state index contributed by atoms with van der Waals surface area (Å²) in [6, 6.07) is 2.26. The van der Waals surface area contributed by atoms with Crippen molar-refractivity contribution in [2.75, 3.05) is 39.8 Å². The van der Waals surface area contributed by atoms with Gasteiger partial charge < -0.3 is 20.1 Å². The van der Waals surface area contributed by atoms with Gasteiger partial charge in [-0.1, -0.05) is 5.16 Å². The number of guanidine groups is 1. The van der Waals surface area contributed by atoms with E-state index in [1.807, 2.05) is 6.07 Å². The van der Waals surface area contributed by atoms with Gasteiger partial charge in [0.25, 0.3) is 0 Å². The summed E-state index contributed by atoms with van der Waals surface area (Å²) >= 11 is 0. The lowest BCUT2D eigenvalue weighted by Gasteiger charge is -2.36. The predicted molar refractivity (Wildman–Crippen MR) is 85.9 cm³/mol. The third kappa shape index (κ3) is 4.69. The van der Waals surface area contributed by atoms with Gasteiger partial charge in [0, 0.05) is 45.3 Å². The van der Waals surface area contributed by atoms with Gasteiger partial charge in [-0.2, -0.15) is 0 Å². The molecular weight excluding hydrogens is 296 g/mol.